The van der Waals surface area contributed by atoms with Crippen LogP contribution in [0, 0.1) is 5.92 Å². The Hall–Kier alpha value is -2.70. The Morgan fingerprint density at radius 2 is 2.10 bits per heavy atom. The summed E-state index contributed by atoms with van der Waals surface area (Å²) in [5.41, 5.74) is 7.32. The molecule has 0 bridgehead atoms. The summed E-state index contributed by atoms with van der Waals surface area (Å²) in [7, 11) is 0. The van der Waals surface area contributed by atoms with Crippen LogP contribution >= 0.6 is 0 Å². The maximum atomic E-state index is 12.0. The van der Waals surface area contributed by atoms with Gasteiger partial charge in [-0.05, 0) is 18.2 Å². The number of rotatable bonds is 4. The molecule has 7 heteroatoms. The zero-order valence-corrected chi connectivity index (χ0v) is 10.9. The number of hydrogen-bond donors (Lipinski definition) is 3. The molecule has 0 fully saturated rings. The number of fused-ring (bicyclic) bond motifs is 1. The molecule has 1 atom stereocenters. The SMILES string of the molecule is CC(CNC(=O)c1ccc2nccnc2c1)C(N)=NO. The van der Waals surface area contributed by atoms with Crippen LogP contribution in [0.25, 0.3) is 11.0 Å². The molecular formula is C13H15N5O2. The van der Waals surface area contributed by atoms with Gasteiger partial charge in [0.05, 0.1) is 11.0 Å². The summed E-state index contributed by atoms with van der Waals surface area (Å²) in [5.74, 6) is -0.408. The summed E-state index contributed by atoms with van der Waals surface area (Å²) in [6, 6.07) is 5.09. The highest BCUT2D eigenvalue weighted by Crippen LogP contribution is 2.10. The first-order chi connectivity index (χ1) is 9.61. The van der Waals surface area contributed by atoms with E-state index in [9.17, 15) is 4.79 Å². The highest BCUT2D eigenvalue weighted by Gasteiger charge is 2.11. The fraction of sp³-hybridized carbons (Fsp3) is 0.231. The van der Waals surface area contributed by atoms with Crippen molar-refractivity contribution in [3.63, 3.8) is 0 Å². The van der Waals surface area contributed by atoms with Crippen LogP contribution in [-0.4, -0.2) is 33.5 Å². The maximum Gasteiger partial charge on any atom is 0.251 e. The van der Waals surface area contributed by atoms with E-state index in [2.05, 4.69) is 20.4 Å². The summed E-state index contributed by atoms with van der Waals surface area (Å²) in [5, 5.41) is 14.2. The molecule has 1 unspecified atom stereocenters. The Bertz CT molecular complexity index is 656. The van der Waals surface area contributed by atoms with Crippen LogP contribution < -0.4 is 11.1 Å². The number of nitrogens with zero attached hydrogens (tertiary/aromatic N) is 3. The minimum Gasteiger partial charge on any atom is -0.409 e. The quantitative estimate of drug-likeness (QED) is 0.329. The standard InChI is InChI=1S/C13H15N5O2/c1-8(12(14)18-20)7-17-13(19)9-2-3-10-11(6-9)16-5-4-15-10/h2-6,8,20H,7H2,1H3,(H2,14,18)(H,17,19). The van der Waals surface area contributed by atoms with Gasteiger partial charge in [-0.25, -0.2) is 0 Å². The third-order valence-electron chi connectivity index (χ3n) is 2.92. The topological polar surface area (TPSA) is 113 Å². The van der Waals surface area contributed by atoms with Crippen LogP contribution in [0.1, 0.15) is 17.3 Å². The minimum absolute atomic E-state index is 0.0784. The number of carbonyl (C=O) groups is 1. The van der Waals surface area contributed by atoms with E-state index in [0.717, 1.165) is 5.52 Å². The smallest absolute Gasteiger partial charge is 0.251 e. The van der Waals surface area contributed by atoms with Crippen molar-refractivity contribution in [3.8, 4) is 0 Å². The van der Waals surface area contributed by atoms with Gasteiger partial charge in [0.15, 0.2) is 0 Å². The van der Waals surface area contributed by atoms with Gasteiger partial charge in [-0.2, -0.15) is 0 Å². The lowest BCUT2D eigenvalue weighted by molar-refractivity contribution is 0.0951. The first-order valence-electron chi connectivity index (χ1n) is 6.08. The van der Waals surface area contributed by atoms with E-state index in [1.165, 1.54) is 0 Å². The van der Waals surface area contributed by atoms with E-state index in [-0.39, 0.29) is 24.2 Å². The van der Waals surface area contributed by atoms with Gasteiger partial charge in [0.25, 0.3) is 5.91 Å². The van der Waals surface area contributed by atoms with E-state index < -0.39 is 0 Å². The monoisotopic (exact) mass is 273 g/mol. The van der Waals surface area contributed by atoms with Gasteiger partial charge in [-0.1, -0.05) is 12.1 Å². The summed E-state index contributed by atoms with van der Waals surface area (Å²) in [6.45, 7) is 2.04. The number of aromatic nitrogens is 2. The third-order valence-corrected chi connectivity index (χ3v) is 2.92. The van der Waals surface area contributed by atoms with Crippen molar-refractivity contribution in [2.24, 2.45) is 16.8 Å². The Labute approximate surface area is 115 Å². The Balaban J connectivity index is 2.08. The molecule has 1 aromatic carbocycles. The highest BCUT2D eigenvalue weighted by molar-refractivity contribution is 5.97. The van der Waals surface area contributed by atoms with Crippen molar-refractivity contribution in [3.05, 3.63) is 36.2 Å². The van der Waals surface area contributed by atoms with Crippen LogP contribution in [0.3, 0.4) is 0 Å². The molecular weight excluding hydrogens is 258 g/mol. The van der Waals surface area contributed by atoms with Gasteiger partial charge in [0.2, 0.25) is 0 Å². The molecule has 4 N–H and O–H groups in total. The largest absolute Gasteiger partial charge is 0.409 e. The van der Waals surface area contributed by atoms with Crippen molar-refractivity contribution in [2.75, 3.05) is 6.54 Å². The third kappa shape index (κ3) is 3.00. The number of nitrogens with one attached hydrogen (secondary N) is 1. The van der Waals surface area contributed by atoms with Gasteiger partial charge in [-0.15, -0.1) is 0 Å². The lowest BCUT2D eigenvalue weighted by atomic mass is 10.1. The molecule has 0 aliphatic carbocycles. The molecule has 7 nitrogen and oxygen atoms in total. The Kier molecular flexibility index (Phi) is 4.09. The lowest BCUT2D eigenvalue weighted by Crippen LogP contribution is -2.34. The Morgan fingerprint density at radius 3 is 2.80 bits per heavy atom. The first-order valence-corrected chi connectivity index (χ1v) is 6.08. The number of nitrogens with two attached hydrogens (primary N) is 1. The molecule has 104 valence electrons. The predicted molar refractivity (Wildman–Crippen MR) is 74.4 cm³/mol. The molecule has 0 spiro atoms. The fourth-order valence-electron chi connectivity index (χ4n) is 1.66. The van der Waals surface area contributed by atoms with Crippen molar-refractivity contribution >= 4 is 22.8 Å². The molecule has 0 aliphatic heterocycles. The van der Waals surface area contributed by atoms with Gasteiger partial charge in [-0.3, -0.25) is 14.8 Å². The molecule has 1 aromatic heterocycles. The van der Waals surface area contributed by atoms with Gasteiger partial charge in [0.1, 0.15) is 5.84 Å². The number of oxime groups is 1. The molecule has 1 amide bonds. The maximum absolute atomic E-state index is 12.0. The summed E-state index contributed by atoms with van der Waals surface area (Å²) >= 11 is 0. The van der Waals surface area contributed by atoms with E-state index in [4.69, 9.17) is 10.9 Å². The fourth-order valence-corrected chi connectivity index (χ4v) is 1.66. The van der Waals surface area contributed by atoms with E-state index in [1.54, 1.807) is 37.5 Å². The molecule has 0 saturated heterocycles. The predicted octanol–water partition coefficient (Wildman–Crippen LogP) is 0.742. The van der Waals surface area contributed by atoms with E-state index >= 15 is 0 Å². The van der Waals surface area contributed by atoms with Crippen molar-refractivity contribution < 1.29 is 10.0 Å². The molecule has 0 aliphatic rings. The number of amidine groups is 1. The second-order valence-corrected chi connectivity index (χ2v) is 4.40. The second-order valence-electron chi connectivity index (χ2n) is 4.40. The van der Waals surface area contributed by atoms with Crippen LogP contribution in [0.15, 0.2) is 35.7 Å². The van der Waals surface area contributed by atoms with Gasteiger partial charge in [0, 0.05) is 30.4 Å². The molecule has 1 heterocycles. The molecule has 2 aromatic rings. The zero-order valence-electron chi connectivity index (χ0n) is 10.9. The zero-order chi connectivity index (χ0) is 14.5. The van der Waals surface area contributed by atoms with Crippen LogP contribution in [-0.2, 0) is 0 Å². The average Bonchev–Trinajstić information content (AvgIpc) is 2.50. The lowest BCUT2D eigenvalue weighted by Gasteiger charge is -2.11. The van der Waals surface area contributed by atoms with Crippen LogP contribution in [0.4, 0.5) is 0 Å². The summed E-state index contributed by atoms with van der Waals surface area (Å²) < 4.78 is 0. The highest BCUT2D eigenvalue weighted by atomic mass is 16.4. The minimum atomic E-state index is -0.246. The first kappa shape index (κ1) is 13.7. The van der Waals surface area contributed by atoms with Crippen molar-refractivity contribution in [1.29, 1.82) is 0 Å². The van der Waals surface area contributed by atoms with Crippen molar-refractivity contribution in [2.45, 2.75) is 6.92 Å². The normalized spacial score (nSPS) is 13.2. The number of hydrogen-bond acceptors (Lipinski definition) is 5. The van der Waals surface area contributed by atoms with Crippen LogP contribution in [0.2, 0.25) is 0 Å². The molecule has 2 rings (SSSR count). The van der Waals surface area contributed by atoms with Gasteiger partial charge >= 0.3 is 0 Å². The summed E-state index contributed by atoms with van der Waals surface area (Å²) in [6.07, 6.45) is 3.17. The average molecular weight is 273 g/mol. The number of amides is 1. The molecule has 0 radical (unpaired) electrons. The molecule has 20 heavy (non-hydrogen) atoms. The summed E-state index contributed by atoms with van der Waals surface area (Å²) in [4.78, 5) is 20.3. The van der Waals surface area contributed by atoms with E-state index in [1.807, 2.05) is 0 Å². The second kappa shape index (κ2) is 5.96. The number of carbonyl (C=O) groups excluding carboxylic acids is 1. The number of benzene rings is 1. The van der Waals surface area contributed by atoms with Crippen molar-refractivity contribution in [1.82, 2.24) is 15.3 Å². The van der Waals surface area contributed by atoms with Crippen LogP contribution in [0.5, 0.6) is 0 Å². The molecule has 0 saturated carbocycles. The van der Waals surface area contributed by atoms with E-state index in [0.29, 0.717) is 11.1 Å². The van der Waals surface area contributed by atoms with Gasteiger partial charge < -0.3 is 16.3 Å². The Morgan fingerprint density at radius 1 is 1.40 bits per heavy atom.